The largest absolute Gasteiger partial charge is 0.456 e. The predicted octanol–water partition coefficient (Wildman–Crippen LogP) is 20.6. The van der Waals surface area contributed by atoms with E-state index in [0.717, 1.165) is 78.1 Å². The normalized spacial score (nSPS) is 12.8. The summed E-state index contributed by atoms with van der Waals surface area (Å²) in [6.45, 7) is 4.71. The van der Waals surface area contributed by atoms with Crippen LogP contribution < -0.4 is 4.90 Å². The van der Waals surface area contributed by atoms with Crippen LogP contribution in [0, 0.1) is 0 Å². The van der Waals surface area contributed by atoms with Crippen LogP contribution >= 0.6 is 0 Å². The molecule has 79 heavy (non-hydrogen) atoms. The lowest BCUT2D eigenvalue weighted by Gasteiger charge is -2.29. The van der Waals surface area contributed by atoms with Gasteiger partial charge in [-0.1, -0.05) is 184 Å². The molecule has 0 fully saturated rings. The molecule has 3 heterocycles. The standard InChI is InChI=1S/C75H51N3O/c1-75(2)63-29-14-12-28-59(63)73-64(75)30-17-32-68(73)78(56-26-16-21-49(43-56)48-19-6-3-7-20-48)69-33-18-34-72-74(69)62-46-52(38-42-71(62)79-72)50-36-40-66-60(44-50)61-45-51(37-41-67(61)76(66)54-22-8-4-9-23-54)53-35-39-58-57-27-13-15-31-65(57)77(70(58)47-53)55-24-10-5-11-25-55/h3-47H,1-2H3. The van der Waals surface area contributed by atoms with Crippen molar-refractivity contribution in [3.05, 3.63) is 284 Å². The van der Waals surface area contributed by atoms with Gasteiger partial charge in [0.15, 0.2) is 0 Å². The topological polar surface area (TPSA) is 26.2 Å². The number of aromatic nitrogens is 2. The molecule has 0 saturated heterocycles. The van der Waals surface area contributed by atoms with Gasteiger partial charge >= 0.3 is 0 Å². The summed E-state index contributed by atoms with van der Waals surface area (Å²) in [6, 6.07) is 99.9. The smallest absolute Gasteiger partial charge is 0.137 e. The summed E-state index contributed by atoms with van der Waals surface area (Å²) in [5.41, 5.74) is 24.0. The minimum atomic E-state index is -0.169. The Balaban J connectivity index is 0.883. The van der Waals surface area contributed by atoms with E-state index in [2.05, 4.69) is 301 Å². The Morgan fingerprint density at radius 3 is 1.59 bits per heavy atom. The van der Waals surface area contributed by atoms with Gasteiger partial charge in [0.25, 0.3) is 0 Å². The van der Waals surface area contributed by atoms with E-state index in [9.17, 15) is 0 Å². The number of furan rings is 1. The molecule has 0 unspecified atom stereocenters. The van der Waals surface area contributed by atoms with Gasteiger partial charge in [-0.2, -0.15) is 0 Å². The molecule has 0 atom stereocenters. The van der Waals surface area contributed by atoms with Gasteiger partial charge in [0.05, 0.1) is 38.8 Å². The zero-order chi connectivity index (χ0) is 52.3. The van der Waals surface area contributed by atoms with Crippen molar-refractivity contribution in [2.24, 2.45) is 0 Å². The molecule has 0 aliphatic heterocycles. The summed E-state index contributed by atoms with van der Waals surface area (Å²) in [5, 5.41) is 7.03. The van der Waals surface area contributed by atoms with E-state index in [1.165, 1.54) is 71.5 Å². The van der Waals surface area contributed by atoms with E-state index in [0.29, 0.717) is 0 Å². The van der Waals surface area contributed by atoms with Gasteiger partial charge in [-0.15, -0.1) is 0 Å². The third-order valence-corrected chi connectivity index (χ3v) is 16.9. The second kappa shape index (κ2) is 17.4. The van der Waals surface area contributed by atoms with E-state index in [4.69, 9.17) is 4.42 Å². The highest BCUT2D eigenvalue weighted by Crippen LogP contribution is 2.55. The Kier molecular flexibility index (Phi) is 9.95. The number of hydrogen-bond donors (Lipinski definition) is 0. The van der Waals surface area contributed by atoms with Crippen LogP contribution in [0.2, 0.25) is 0 Å². The Bertz CT molecular complexity index is 4920. The van der Waals surface area contributed by atoms with Gasteiger partial charge in [-0.25, -0.2) is 0 Å². The highest BCUT2D eigenvalue weighted by molar-refractivity contribution is 6.17. The van der Waals surface area contributed by atoms with E-state index in [-0.39, 0.29) is 5.41 Å². The number of hydrogen-bond acceptors (Lipinski definition) is 2. The lowest BCUT2D eigenvalue weighted by atomic mass is 9.82. The molecule has 0 radical (unpaired) electrons. The van der Waals surface area contributed by atoms with Crippen molar-refractivity contribution in [2.75, 3.05) is 4.90 Å². The monoisotopic (exact) mass is 1010 g/mol. The Labute approximate surface area is 457 Å². The predicted molar refractivity (Wildman–Crippen MR) is 331 cm³/mol. The first-order valence-electron chi connectivity index (χ1n) is 27.3. The summed E-state index contributed by atoms with van der Waals surface area (Å²) in [5.74, 6) is 0. The number of anilines is 3. The van der Waals surface area contributed by atoms with Crippen LogP contribution in [-0.2, 0) is 5.41 Å². The van der Waals surface area contributed by atoms with Crippen LogP contribution in [0.4, 0.5) is 17.1 Å². The van der Waals surface area contributed by atoms with Crippen molar-refractivity contribution in [1.82, 2.24) is 9.13 Å². The molecule has 12 aromatic carbocycles. The summed E-state index contributed by atoms with van der Waals surface area (Å²) >= 11 is 0. The highest BCUT2D eigenvalue weighted by Gasteiger charge is 2.38. The number of para-hydroxylation sites is 3. The average Bonchev–Trinajstić information content (AvgIpc) is 4.22. The quantitative estimate of drug-likeness (QED) is 0.152. The molecule has 0 amide bonds. The lowest BCUT2D eigenvalue weighted by Crippen LogP contribution is -2.16. The van der Waals surface area contributed by atoms with Gasteiger partial charge < -0.3 is 18.5 Å². The van der Waals surface area contributed by atoms with Gasteiger partial charge in [-0.3, -0.25) is 0 Å². The molecular formula is C75H51N3O. The number of benzene rings is 12. The maximum absolute atomic E-state index is 6.86. The molecule has 1 aliphatic rings. The van der Waals surface area contributed by atoms with Crippen molar-refractivity contribution >= 4 is 82.6 Å². The van der Waals surface area contributed by atoms with Crippen LogP contribution in [0.15, 0.2) is 277 Å². The summed E-state index contributed by atoms with van der Waals surface area (Å²) in [4.78, 5) is 2.48. The van der Waals surface area contributed by atoms with Crippen LogP contribution in [0.1, 0.15) is 25.0 Å². The van der Waals surface area contributed by atoms with Gasteiger partial charge in [-0.05, 0) is 153 Å². The van der Waals surface area contributed by atoms with Crippen molar-refractivity contribution in [3.63, 3.8) is 0 Å². The zero-order valence-corrected chi connectivity index (χ0v) is 43.7. The molecule has 3 aromatic heterocycles. The molecule has 15 aromatic rings. The Morgan fingerprint density at radius 1 is 0.329 bits per heavy atom. The lowest BCUT2D eigenvalue weighted by molar-refractivity contribution is 0.660. The van der Waals surface area contributed by atoms with E-state index >= 15 is 0 Å². The molecule has 0 N–H and O–H groups in total. The Morgan fingerprint density at radius 2 is 0.848 bits per heavy atom. The second-order valence-electron chi connectivity index (χ2n) is 21.6. The summed E-state index contributed by atoms with van der Waals surface area (Å²) in [7, 11) is 0. The van der Waals surface area contributed by atoms with Gasteiger partial charge in [0.1, 0.15) is 11.2 Å². The fourth-order valence-corrected chi connectivity index (χ4v) is 13.2. The molecule has 1 aliphatic carbocycles. The number of nitrogens with zero attached hydrogens (tertiary/aromatic N) is 3. The first kappa shape index (κ1) is 45.1. The molecule has 0 bridgehead atoms. The van der Waals surface area contributed by atoms with Crippen molar-refractivity contribution in [3.8, 4) is 55.9 Å². The maximum Gasteiger partial charge on any atom is 0.137 e. The van der Waals surface area contributed by atoms with E-state index < -0.39 is 0 Å². The second-order valence-corrected chi connectivity index (χ2v) is 21.6. The third-order valence-electron chi connectivity index (χ3n) is 16.9. The van der Waals surface area contributed by atoms with Crippen molar-refractivity contribution < 1.29 is 4.42 Å². The highest BCUT2D eigenvalue weighted by atomic mass is 16.3. The number of rotatable bonds is 8. The fourth-order valence-electron chi connectivity index (χ4n) is 13.2. The van der Waals surface area contributed by atoms with Gasteiger partial charge in [0, 0.05) is 55.0 Å². The first-order valence-corrected chi connectivity index (χ1v) is 27.3. The molecule has 16 rings (SSSR count). The van der Waals surface area contributed by atoms with Crippen LogP contribution in [0.25, 0.3) is 121 Å². The molecular weight excluding hydrogens is 959 g/mol. The fraction of sp³-hybridized carbons (Fsp3) is 0.0400. The van der Waals surface area contributed by atoms with Crippen LogP contribution in [-0.4, -0.2) is 9.13 Å². The number of fused-ring (bicyclic) bond motifs is 12. The summed E-state index contributed by atoms with van der Waals surface area (Å²) < 4.78 is 11.7. The van der Waals surface area contributed by atoms with Crippen LogP contribution in [0.3, 0.4) is 0 Å². The average molecular weight is 1010 g/mol. The minimum absolute atomic E-state index is 0.169. The van der Waals surface area contributed by atoms with Crippen LogP contribution in [0.5, 0.6) is 0 Å². The molecule has 0 saturated carbocycles. The van der Waals surface area contributed by atoms with E-state index in [1.807, 2.05) is 0 Å². The molecule has 4 heteroatoms. The molecule has 0 spiro atoms. The van der Waals surface area contributed by atoms with Crippen molar-refractivity contribution in [2.45, 2.75) is 19.3 Å². The molecule has 4 nitrogen and oxygen atoms in total. The van der Waals surface area contributed by atoms with Gasteiger partial charge in [0.2, 0.25) is 0 Å². The SMILES string of the molecule is CC1(C)c2ccccc2-c2c(N(c3cccc(-c4ccccc4)c3)c3cccc4oc5ccc(-c6ccc7c(c6)c6cc(-c8ccc9c%10ccccc%10n(-c%10ccccc%10)c9c8)ccc6n7-c6ccccc6)cc5c34)cccc21. The molecule has 372 valence electrons. The minimum Gasteiger partial charge on any atom is -0.456 e. The summed E-state index contributed by atoms with van der Waals surface area (Å²) in [6.07, 6.45) is 0. The third kappa shape index (κ3) is 6.94. The zero-order valence-electron chi connectivity index (χ0n) is 43.7. The van der Waals surface area contributed by atoms with E-state index in [1.54, 1.807) is 0 Å². The maximum atomic E-state index is 6.86. The Hall–Kier alpha value is -10.2. The van der Waals surface area contributed by atoms with Crippen molar-refractivity contribution in [1.29, 1.82) is 0 Å². The first-order chi connectivity index (χ1) is 38.9.